The molecule has 6 heteroatoms. The normalized spacial score (nSPS) is 11.3. The minimum atomic E-state index is -0.323. The summed E-state index contributed by atoms with van der Waals surface area (Å²) in [5, 5.41) is 12.7. The monoisotopic (exact) mass is 378 g/mol. The van der Waals surface area contributed by atoms with E-state index in [0.717, 1.165) is 16.5 Å². The van der Waals surface area contributed by atoms with E-state index in [9.17, 15) is 5.11 Å². The molecule has 134 valence electrons. The molecule has 0 saturated heterocycles. The zero-order valence-electron chi connectivity index (χ0n) is 14.4. The molecule has 0 unspecified atom stereocenters. The van der Waals surface area contributed by atoms with Crippen molar-refractivity contribution >= 4 is 34.3 Å². The van der Waals surface area contributed by atoms with Crippen molar-refractivity contribution in [1.29, 1.82) is 0 Å². The van der Waals surface area contributed by atoms with Crippen LogP contribution in [-0.2, 0) is 0 Å². The molecule has 0 aliphatic heterocycles. The molecule has 1 N–H and O–H groups in total. The number of nitrogens with zero attached hydrogens (tertiary/aromatic N) is 2. The maximum Gasteiger partial charge on any atom is 0.312 e. The summed E-state index contributed by atoms with van der Waals surface area (Å²) in [7, 11) is 1.54. The van der Waals surface area contributed by atoms with Gasteiger partial charge >= 0.3 is 5.95 Å². The maximum absolute atomic E-state index is 10.1. The largest absolute Gasteiger partial charge is 0.496 e. The van der Waals surface area contributed by atoms with Crippen LogP contribution in [0.25, 0.3) is 22.2 Å². The van der Waals surface area contributed by atoms with Gasteiger partial charge in [0.25, 0.3) is 0 Å². The third-order valence-electron chi connectivity index (χ3n) is 4.12. The van der Waals surface area contributed by atoms with Gasteiger partial charge in [0.2, 0.25) is 5.89 Å². The van der Waals surface area contributed by atoms with E-state index in [4.69, 9.17) is 20.8 Å². The van der Waals surface area contributed by atoms with Crippen molar-refractivity contribution in [2.45, 2.75) is 0 Å². The van der Waals surface area contributed by atoms with Gasteiger partial charge in [0, 0.05) is 10.4 Å². The minimum Gasteiger partial charge on any atom is -0.496 e. The van der Waals surface area contributed by atoms with Crippen LogP contribution in [0.15, 0.2) is 70.1 Å². The van der Waals surface area contributed by atoms with Gasteiger partial charge in [-0.05, 0) is 29.7 Å². The van der Waals surface area contributed by atoms with Gasteiger partial charge in [-0.2, -0.15) is 0 Å². The Morgan fingerprint density at radius 3 is 2.78 bits per heavy atom. The zero-order chi connectivity index (χ0) is 18.8. The molecule has 27 heavy (non-hydrogen) atoms. The van der Waals surface area contributed by atoms with E-state index in [-0.39, 0.29) is 17.5 Å². The second kappa shape index (κ2) is 7.13. The fourth-order valence-corrected chi connectivity index (χ4v) is 2.99. The fourth-order valence-electron chi connectivity index (χ4n) is 2.82. The molecule has 0 aliphatic rings. The number of methoxy groups -OCH3 is 1. The highest BCUT2D eigenvalue weighted by atomic mass is 35.5. The number of hydrogen-bond donors (Lipinski definition) is 1. The highest BCUT2D eigenvalue weighted by molar-refractivity contribution is 6.30. The van der Waals surface area contributed by atoms with E-state index in [0.29, 0.717) is 16.3 Å². The number of halogens is 1. The van der Waals surface area contributed by atoms with Crippen molar-refractivity contribution in [3.63, 3.8) is 0 Å². The van der Waals surface area contributed by atoms with Gasteiger partial charge in [-0.1, -0.05) is 48.0 Å². The molecular formula is C21H15ClN2O3. The van der Waals surface area contributed by atoms with E-state index in [1.165, 1.54) is 6.21 Å². The summed E-state index contributed by atoms with van der Waals surface area (Å²) < 4.78 is 10.7. The van der Waals surface area contributed by atoms with Crippen molar-refractivity contribution in [2.75, 3.05) is 7.11 Å². The highest BCUT2D eigenvalue weighted by Gasteiger charge is 2.16. The number of aliphatic imine (C=N–C) groups is 1. The zero-order valence-corrected chi connectivity index (χ0v) is 15.1. The summed E-state index contributed by atoms with van der Waals surface area (Å²) in [6, 6.07) is 18.9. The lowest BCUT2D eigenvalue weighted by Gasteiger charge is -2.04. The Kier molecular flexibility index (Phi) is 4.52. The summed E-state index contributed by atoms with van der Waals surface area (Å²) in [5.41, 5.74) is 1.54. The SMILES string of the molecule is COc1ccc(Cl)cc1-c1nc(C=Nc2cccc3ccccc23)c(O)o1. The molecule has 0 atom stereocenters. The summed E-state index contributed by atoms with van der Waals surface area (Å²) in [5.74, 6) is 0.417. The first-order chi connectivity index (χ1) is 13.2. The molecule has 3 aromatic carbocycles. The quantitative estimate of drug-likeness (QED) is 0.468. The van der Waals surface area contributed by atoms with Crippen LogP contribution in [0.4, 0.5) is 5.69 Å². The van der Waals surface area contributed by atoms with Crippen LogP contribution in [0.1, 0.15) is 5.69 Å². The number of hydrogen-bond acceptors (Lipinski definition) is 5. The van der Waals surface area contributed by atoms with E-state index in [1.807, 2.05) is 42.5 Å². The fraction of sp³-hybridized carbons (Fsp3) is 0.0476. The summed E-state index contributed by atoms with van der Waals surface area (Å²) >= 11 is 6.05. The number of fused-ring (bicyclic) bond motifs is 1. The second-order valence-corrected chi connectivity index (χ2v) is 6.25. The second-order valence-electron chi connectivity index (χ2n) is 5.81. The molecule has 5 nitrogen and oxygen atoms in total. The molecule has 1 aromatic heterocycles. The van der Waals surface area contributed by atoms with Crippen LogP contribution in [0.5, 0.6) is 11.7 Å². The molecule has 4 aromatic rings. The Labute approximate surface area is 160 Å². The van der Waals surface area contributed by atoms with Crippen LogP contribution >= 0.6 is 11.6 Å². The predicted octanol–water partition coefficient (Wildman–Crippen LogP) is 5.61. The lowest BCUT2D eigenvalue weighted by Crippen LogP contribution is -1.89. The number of aromatic hydroxyl groups is 1. The Morgan fingerprint density at radius 1 is 1.11 bits per heavy atom. The molecule has 0 radical (unpaired) electrons. The molecule has 0 aliphatic carbocycles. The first kappa shape index (κ1) is 17.1. The Balaban J connectivity index is 1.72. The summed E-state index contributed by atoms with van der Waals surface area (Å²) in [4.78, 5) is 8.79. The van der Waals surface area contributed by atoms with Crippen molar-refractivity contribution in [3.8, 4) is 23.1 Å². The standard InChI is InChI=1S/C21H15ClN2O3/c1-26-19-10-9-14(22)11-16(19)20-24-18(21(25)27-20)12-23-17-8-4-6-13-5-2-3-7-15(13)17/h2-12,25H,1H3. The van der Waals surface area contributed by atoms with Crippen LogP contribution in [0.2, 0.25) is 5.02 Å². The van der Waals surface area contributed by atoms with Gasteiger partial charge in [0.1, 0.15) is 5.75 Å². The number of benzene rings is 3. The average molecular weight is 379 g/mol. The van der Waals surface area contributed by atoms with Crippen molar-refractivity contribution in [2.24, 2.45) is 4.99 Å². The van der Waals surface area contributed by atoms with Crippen LogP contribution in [0.3, 0.4) is 0 Å². The van der Waals surface area contributed by atoms with Crippen molar-refractivity contribution < 1.29 is 14.3 Å². The topological polar surface area (TPSA) is 67.9 Å². The molecule has 1 heterocycles. The lowest BCUT2D eigenvalue weighted by molar-refractivity contribution is 0.336. The Bertz CT molecular complexity index is 1150. The van der Waals surface area contributed by atoms with E-state index >= 15 is 0 Å². The summed E-state index contributed by atoms with van der Waals surface area (Å²) in [6.07, 6.45) is 1.47. The molecule has 0 fully saturated rings. The van der Waals surface area contributed by atoms with Gasteiger partial charge in [-0.15, -0.1) is 0 Å². The lowest BCUT2D eigenvalue weighted by atomic mass is 10.1. The van der Waals surface area contributed by atoms with E-state index < -0.39 is 0 Å². The number of rotatable bonds is 4. The van der Waals surface area contributed by atoms with Gasteiger partial charge in [-0.25, -0.2) is 4.98 Å². The van der Waals surface area contributed by atoms with Crippen molar-refractivity contribution in [1.82, 2.24) is 4.98 Å². The van der Waals surface area contributed by atoms with Gasteiger partial charge in [-0.3, -0.25) is 4.99 Å². The Morgan fingerprint density at radius 2 is 1.93 bits per heavy atom. The molecule has 0 amide bonds. The highest BCUT2D eigenvalue weighted by Crippen LogP contribution is 2.34. The third-order valence-corrected chi connectivity index (χ3v) is 4.35. The minimum absolute atomic E-state index is 0.200. The Hall–Kier alpha value is -3.31. The first-order valence-electron chi connectivity index (χ1n) is 8.21. The van der Waals surface area contributed by atoms with Gasteiger partial charge in [0.15, 0.2) is 5.69 Å². The smallest absolute Gasteiger partial charge is 0.312 e. The maximum atomic E-state index is 10.1. The molecule has 0 bridgehead atoms. The average Bonchev–Trinajstić information content (AvgIpc) is 3.07. The first-order valence-corrected chi connectivity index (χ1v) is 8.59. The predicted molar refractivity (Wildman–Crippen MR) is 106 cm³/mol. The van der Waals surface area contributed by atoms with Crippen LogP contribution in [-0.4, -0.2) is 23.4 Å². The molecule has 0 spiro atoms. The molecule has 4 rings (SSSR count). The van der Waals surface area contributed by atoms with Gasteiger partial charge in [0.05, 0.1) is 24.6 Å². The van der Waals surface area contributed by atoms with Gasteiger partial charge < -0.3 is 14.3 Å². The van der Waals surface area contributed by atoms with Crippen molar-refractivity contribution in [3.05, 3.63) is 71.4 Å². The number of oxazole rings is 1. The van der Waals surface area contributed by atoms with E-state index in [1.54, 1.807) is 25.3 Å². The van der Waals surface area contributed by atoms with Crippen LogP contribution in [0, 0.1) is 0 Å². The summed E-state index contributed by atoms with van der Waals surface area (Å²) in [6.45, 7) is 0. The van der Waals surface area contributed by atoms with Crippen LogP contribution < -0.4 is 4.74 Å². The molecule has 0 saturated carbocycles. The molecular weight excluding hydrogens is 364 g/mol. The van der Waals surface area contributed by atoms with E-state index in [2.05, 4.69) is 9.98 Å². The third kappa shape index (κ3) is 3.37. The number of aromatic nitrogens is 1. The number of ether oxygens (including phenoxy) is 1.